The third-order valence-corrected chi connectivity index (χ3v) is 2.78. The predicted molar refractivity (Wildman–Crippen MR) is 64.5 cm³/mol. The first-order valence-corrected chi connectivity index (χ1v) is 6.07. The summed E-state index contributed by atoms with van der Waals surface area (Å²) in [5.74, 6) is 0.172. The molecule has 1 aliphatic rings. The SMILES string of the molecule is CC(C)CCC1C(=O)N=C(CC(C)C)C1=O. The van der Waals surface area contributed by atoms with E-state index in [0.29, 0.717) is 30.4 Å². The molecule has 0 saturated heterocycles. The van der Waals surface area contributed by atoms with Gasteiger partial charge in [0.25, 0.3) is 5.91 Å². The summed E-state index contributed by atoms with van der Waals surface area (Å²) < 4.78 is 0. The highest BCUT2D eigenvalue weighted by Crippen LogP contribution is 2.22. The van der Waals surface area contributed by atoms with Crippen molar-refractivity contribution < 1.29 is 9.59 Å². The first-order valence-electron chi connectivity index (χ1n) is 6.07. The molecule has 3 heteroatoms. The van der Waals surface area contributed by atoms with Crippen molar-refractivity contribution in [3.63, 3.8) is 0 Å². The van der Waals surface area contributed by atoms with Crippen molar-refractivity contribution in [2.45, 2.75) is 47.0 Å². The van der Waals surface area contributed by atoms with Crippen molar-refractivity contribution in [1.82, 2.24) is 0 Å². The number of rotatable bonds is 5. The molecule has 1 aliphatic heterocycles. The Labute approximate surface area is 97.3 Å². The van der Waals surface area contributed by atoms with Crippen LogP contribution in [0.2, 0.25) is 0 Å². The van der Waals surface area contributed by atoms with Gasteiger partial charge in [0.15, 0.2) is 5.78 Å². The van der Waals surface area contributed by atoms with Gasteiger partial charge in [-0.2, -0.15) is 0 Å². The second kappa shape index (κ2) is 5.37. The van der Waals surface area contributed by atoms with E-state index >= 15 is 0 Å². The molecule has 0 saturated carbocycles. The van der Waals surface area contributed by atoms with Crippen molar-refractivity contribution in [2.24, 2.45) is 22.7 Å². The van der Waals surface area contributed by atoms with E-state index in [1.54, 1.807) is 0 Å². The highest BCUT2D eigenvalue weighted by atomic mass is 16.2. The third-order valence-electron chi connectivity index (χ3n) is 2.78. The van der Waals surface area contributed by atoms with Crippen molar-refractivity contribution in [2.75, 3.05) is 0 Å². The topological polar surface area (TPSA) is 46.5 Å². The van der Waals surface area contributed by atoms with Crippen LogP contribution >= 0.6 is 0 Å². The van der Waals surface area contributed by atoms with E-state index in [1.807, 2.05) is 13.8 Å². The predicted octanol–water partition coefficient (Wildman–Crippen LogP) is 2.64. The summed E-state index contributed by atoms with van der Waals surface area (Å²) in [7, 11) is 0. The Morgan fingerprint density at radius 3 is 2.25 bits per heavy atom. The lowest BCUT2D eigenvalue weighted by molar-refractivity contribution is -0.127. The van der Waals surface area contributed by atoms with Crippen LogP contribution in [0.5, 0.6) is 0 Å². The Morgan fingerprint density at radius 2 is 1.75 bits per heavy atom. The number of Topliss-reactive ketones (excluding diaryl/α,β-unsaturated/α-hetero) is 1. The molecular formula is C13H21NO2. The zero-order valence-electron chi connectivity index (χ0n) is 10.6. The first-order chi connectivity index (χ1) is 7.41. The van der Waals surface area contributed by atoms with Crippen molar-refractivity contribution >= 4 is 17.4 Å². The molecule has 16 heavy (non-hydrogen) atoms. The maximum absolute atomic E-state index is 11.9. The molecule has 1 heterocycles. The van der Waals surface area contributed by atoms with Gasteiger partial charge in [0.2, 0.25) is 0 Å². The molecule has 1 amide bonds. The highest BCUT2D eigenvalue weighted by Gasteiger charge is 2.35. The second-order valence-electron chi connectivity index (χ2n) is 5.38. The summed E-state index contributed by atoms with van der Waals surface area (Å²) in [6.07, 6.45) is 2.19. The minimum absolute atomic E-state index is 0.0284. The number of carbonyl (C=O) groups is 2. The molecule has 1 rings (SSSR count). The minimum Gasteiger partial charge on any atom is -0.292 e. The summed E-state index contributed by atoms with van der Waals surface area (Å²) in [6.45, 7) is 8.25. The van der Waals surface area contributed by atoms with Crippen LogP contribution < -0.4 is 0 Å². The van der Waals surface area contributed by atoms with Gasteiger partial charge in [-0.3, -0.25) is 9.59 Å². The lowest BCUT2D eigenvalue weighted by atomic mass is 9.92. The molecule has 90 valence electrons. The van der Waals surface area contributed by atoms with Gasteiger partial charge < -0.3 is 0 Å². The summed E-state index contributed by atoms with van der Waals surface area (Å²) in [5.41, 5.74) is 0.494. The van der Waals surface area contributed by atoms with Gasteiger partial charge in [0.05, 0.1) is 5.71 Å². The fourth-order valence-electron chi connectivity index (χ4n) is 1.87. The van der Waals surface area contributed by atoms with E-state index in [1.165, 1.54) is 0 Å². The fourth-order valence-corrected chi connectivity index (χ4v) is 1.87. The summed E-state index contributed by atoms with van der Waals surface area (Å²) in [5, 5.41) is 0. The Hall–Kier alpha value is -0.990. The van der Waals surface area contributed by atoms with Crippen LogP contribution in [0.4, 0.5) is 0 Å². The molecule has 0 fully saturated rings. The van der Waals surface area contributed by atoms with E-state index < -0.39 is 5.92 Å². The number of aliphatic imine (C=N–C) groups is 1. The molecule has 0 bridgehead atoms. The quantitative estimate of drug-likeness (QED) is 0.673. The van der Waals surface area contributed by atoms with Gasteiger partial charge in [-0.05, 0) is 31.1 Å². The van der Waals surface area contributed by atoms with Crippen molar-refractivity contribution in [3.8, 4) is 0 Å². The molecule has 0 radical (unpaired) electrons. The van der Waals surface area contributed by atoms with Gasteiger partial charge in [-0.25, -0.2) is 4.99 Å². The molecule has 0 aromatic heterocycles. The van der Waals surface area contributed by atoms with Crippen LogP contribution in [0.1, 0.15) is 47.0 Å². The first kappa shape index (κ1) is 13.1. The van der Waals surface area contributed by atoms with E-state index in [-0.39, 0.29) is 11.7 Å². The van der Waals surface area contributed by atoms with Gasteiger partial charge in [0.1, 0.15) is 5.92 Å². The Morgan fingerprint density at radius 1 is 1.12 bits per heavy atom. The number of hydrogen-bond acceptors (Lipinski definition) is 2. The van der Waals surface area contributed by atoms with Crippen LogP contribution in [0.15, 0.2) is 4.99 Å². The van der Waals surface area contributed by atoms with Crippen LogP contribution in [-0.4, -0.2) is 17.4 Å². The van der Waals surface area contributed by atoms with Gasteiger partial charge in [0, 0.05) is 0 Å². The number of carbonyl (C=O) groups excluding carboxylic acids is 2. The van der Waals surface area contributed by atoms with E-state index in [0.717, 1.165) is 6.42 Å². The van der Waals surface area contributed by atoms with Crippen molar-refractivity contribution in [3.05, 3.63) is 0 Å². The monoisotopic (exact) mass is 223 g/mol. The van der Waals surface area contributed by atoms with E-state index in [2.05, 4.69) is 18.8 Å². The molecule has 0 N–H and O–H groups in total. The third kappa shape index (κ3) is 3.26. The number of amides is 1. The Bertz CT molecular complexity index is 316. The lowest BCUT2D eigenvalue weighted by Crippen LogP contribution is -2.22. The van der Waals surface area contributed by atoms with Crippen LogP contribution in [0.3, 0.4) is 0 Å². The molecular weight excluding hydrogens is 202 g/mol. The zero-order valence-corrected chi connectivity index (χ0v) is 10.6. The lowest BCUT2D eigenvalue weighted by Gasteiger charge is -2.08. The van der Waals surface area contributed by atoms with Crippen LogP contribution in [0.25, 0.3) is 0 Å². The summed E-state index contributed by atoms with van der Waals surface area (Å²) in [4.78, 5) is 27.4. The van der Waals surface area contributed by atoms with Crippen LogP contribution in [-0.2, 0) is 9.59 Å². The maximum Gasteiger partial charge on any atom is 0.257 e. The normalized spacial score (nSPS) is 21.1. The average molecular weight is 223 g/mol. The van der Waals surface area contributed by atoms with Gasteiger partial charge in [-0.15, -0.1) is 0 Å². The number of nitrogens with zero attached hydrogens (tertiary/aromatic N) is 1. The number of hydrogen-bond donors (Lipinski definition) is 0. The molecule has 0 spiro atoms. The van der Waals surface area contributed by atoms with Gasteiger partial charge in [-0.1, -0.05) is 27.7 Å². The highest BCUT2D eigenvalue weighted by molar-refractivity contribution is 6.49. The van der Waals surface area contributed by atoms with E-state index in [9.17, 15) is 9.59 Å². The maximum atomic E-state index is 11.9. The van der Waals surface area contributed by atoms with E-state index in [4.69, 9.17) is 0 Å². The molecule has 0 aromatic carbocycles. The summed E-state index contributed by atoms with van der Waals surface area (Å²) in [6, 6.07) is 0. The molecule has 3 nitrogen and oxygen atoms in total. The molecule has 1 unspecified atom stereocenters. The fraction of sp³-hybridized carbons (Fsp3) is 0.769. The minimum atomic E-state index is -0.476. The number of ketones is 1. The average Bonchev–Trinajstić information content (AvgIpc) is 2.39. The summed E-state index contributed by atoms with van der Waals surface area (Å²) >= 11 is 0. The Kier molecular flexibility index (Phi) is 4.39. The van der Waals surface area contributed by atoms with Gasteiger partial charge >= 0.3 is 0 Å². The van der Waals surface area contributed by atoms with Crippen molar-refractivity contribution in [1.29, 1.82) is 0 Å². The zero-order chi connectivity index (χ0) is 12.3. The second-order valence-corrected chi connectivity index (χ2v) is 5.38. The molecule has 1 atom stereocenters. The van der Waals surface area contributed by atoms with Crippen LogP contribution in [0, 0.1) is 17.8 Å². The smallest absolute Gasteiger partial charge is 0.257 e. The largest absolute Gasteiger partial charge is 0.292 e. The molecule has 0 aromatic rings. The Balaban J connectivity index is 2.59. The molecule has 0 aliphatic carbocycles. The standard InChI is InChI=1S/C13H21NO2/c1-8(2)5-6-10-12(15)11(7-9(3)4)14-13(10)16/h8-10H,5-7H2,1-4H3.